The van der Waals surface area contributed by atoms with Crippen LogP contribution in [0.3, 0.4) is 0 Å². The largest absolute Gasteiger partial charge is 0.358 e. The number of nitrogens with one attached hydrogen (secondary N) is 1. The van der Waals surface area contributed by atoms with Crippen molar-refractivity contribution in [3.63, 3.8) is 0 Å². The van der Waals surface area contributed by atoms with Crippen LogP contribution in [0.25, 0.3) is 10.9 Å². The number of H-pyrrole nitrogens is 1. The van der Waals surface area contributed by atoms with Gasteiger partial charge in [-0.1, -0.05) is 18.2 Å². The zero-order valence-corrected chi connectivity index (χ0v) is 15.9. The van der Waals surface area contributed by atoms with Gasteiger partial charge in [-0.2, -0.15) is 0 Å². The Kier molecular flexibility index (Phi) is 5.22. The summed E-state index contributed by atoms with van der Waals surface area (Å²) < 4.78 is 55.1. The van der Waals surface area contributed by atoms with E-state index in [1.54, 1.807) is 30.3 Å². The van der Waals surface area contributed by atoms with Crippen molar-refractivity contribution in [1.82, 2.24) is 14.8 Å². The van der Waals surface area contributed by atoms with Gasteiger partial charge in [0.05, 0.1) is 16.5 Å². The Balaban J connectivity index is 1.51. The van der Waals surface area contributed by atoms with E-state index < -0.39 is 51.4 Å². The summed E-state index contributed by atoms with van der Waals surface area (Å²) >= 11 is 0. The van der Waals surface area contributed by atoms with E-state index in [1.807, 2.05) is 0 Å². The molecule has 3 aromatic rings. The van der Waals surface area contributed by atoms with E-state index in [2.05, 4.69) is 4.98 Å². The number of Topliss-reactive ketones (excluding diaryl/α,β-unsaturated/α-hetero) is 1. The van der Waals surface area contributed by atoms with E-state index in [-0.39, 0.29) is 32.1 Å². The van der Waals surface area contributed by atoms with Crippen molar-refractivity contribution in [1.29, 1.82) is 0 Å². The van der Waals surface area contributed by atoms with E-state index in [4.69, 9.17) is 0 Å². The van der Waals surface area contributed by atoms with Gasteiger partial charge in [0, 0.05) is 37.9 Å². The first kappa shape index (κ1) is 20.6. The minimum Gasteiger partial charge on any atom is -0.358 e. The Hall–Kier alpha value is -3.69. The lowest BCUT2D eigenvalue weighted by molar-refractivity contribution is -0.127. The van der Waals surface area contributed by atoms with Crippen LogP contribution in [0.4, 0.5) is 17.6 Å². The summed E-state index contributed by atoms with van der Waals surface area (Å²) in [7, 11) is 0. The average Bonchev–Trinajstić information content (AvgIpc) is 3.26. The zero-order valence-electron chi connectivity index (χ0n) is 15.9. The summed E-state index contributed by atoms with van der Waals surface area (Å²) in [5.74, 6) is -9.96. The molecule has 0 unspecified atom stereocenters. The minimum absolute atomic E-state index is 0.0470. The van der Waals surface area contributed by atoms with Crippen molar-refractivity contribution in [2.24, 2.45) is 0 Å². The first-order valence-electron chi connectivity index (χ1n) is 9.32. The molecule has 0 radical (unpaired) electrons. The molecule has 2 aromatic carbocycles. The van der Waals surface area contributed by atoms with E-state index in [1.165, 1.54) is 9.80 Å². The van der Waals surface area contributed by atoms with Crippen molar-refractivity contribution >= 4 is 28.5 Å². The van der Waals surface area contributed by atoms with Crippen molar-refractivity contribution in [3.8, 4) is 0 Å². The van der Waals surface area contributed by atoms with Crippen LogP contribution in [0.15, 0.2) is 36.5 Å². The first-order chi connectivity index (χ1) is 14.8. The van der Waals surface area contributed by atoms with Crippen molar-refractivity contribution < 1.29 is 31.9 Å². The summed E-state index contributed by atoms with van der Waals surface area (Å²) in [5, 5.41) is -0.826. The van der Waals surface area contributed by atoms with Gasteiger partial charge in [-0.25, -0.2) is 17.6 Å². The van der Waals surface area contributed by atoms with Crippen LogP contribution in [0.1, 0.15) is 20.7 Å². The van der Waals surface area contributed by atoms with Gasteiger partial charge >= 0.3 is 0 Å². The molecule has 1 aliphatic rings. The summed E-state index contributed by atoms with van der Waals surface area (Å²) in [4.78, 5) is 42.6. The Labute approximate surface area is 173 Å². The molecule has 31 heavy (non-hydrogen) atoms. The average molecular weight is 433 g/mol. The molecule has 2 amide bonds. The molecular weight excluding hydrogens is 418 g/mol. The molecule has 1 aromatic heterocycles. The monoisotopic (exact) mass is 433 g/mol. The number of amides is 2. The highest BCUT2D eigenvalue weighted by Gasteiger charge is 2.32. The van der Waals surface area contributed by atoms with E-state index in [0.29, 0.717) is 5.56 Å². The zero-order chi connectivity index (χ0) is 22.3. The molecule has 160 valence electrons. The molecule has 1 saturated heterocycles. The maximum atomic E-state index is 14.2. The number of aromatic amines is 1. The molecule has 0 saturated carbocycles. The second-order valence-corrected chi connectivity index (χ2v) is 6.99. The topological polar surface area (TPSA) is 73.5 Å². The number of halogens is 4. The number of rotatable bonds is 3. The third-order valence-corrected chi connectivity index (χ3v) is 5.21. The number of aromatic nitrogens is 1. The van der Waals surface area contributed by atoms with Gasteiger partial charge in [0.1, 0.15) is 0 Å². The normalized spacial score (nSPS) is 14.2. The lowest BCUT2D eigenvalue weighted by Gasteiger charge is -2.34. The molecule has 4 rings (SSSR count). The van der Waals surface area contributed by atoms with Crippen LogP contribution >= 0.6 is 0 Å². The highest BCUT2D eigenvalue weighted by Crippen LogP contribution is 2.29. The molecule has 6 nitrogen and oxygen atoms in total. The van der Waals surface area contributed by atoms with E-state index in [9.17, 15) is 31.9 Å². The van der Waals surface area contributed by atoms with Gasteiger partial charge in [0.2, 0.25) is 0 Å². The predicted octanol–water partition coefficient (Wildman–Crippen LogP) is 2.89. The van der Waals surface area contributed by atoms with Crippen molar-refractivity contribution in [2.45, 2.75) is 0 Å². The smallest absolute Gasteiger partial charge is 0.295 e. The van der Waals surface area contributed by atoms with Crippen molar-refractivity contribution in [2.75, 3.05) is 26.2 Å². The number of hydrogen-bond donors (Lipinski definition) is 1. The maximum Gasteiger partial charge on any atom is 0.295 e. The number of hydrogen-bond acceptors (Lipinski definition) is 3. The first-order valence-corrected chi connectivity index (χ1v) is 9.32. The third-order valence-electron chi connectivity index (χ3n) is 5.21. The van der Waals surface area contributed by atoms with Crippen LogP contribution in [0, 0.1) is 23.3 Å². The maximum absolute atomic E-state index is 14.2. The van der Waals surface area contributed by atoms with Crippen LogP contribution in [0.2, 0.25) is 0 Å². The molecule has 2 heterocycles. The highest BCUT2D eigenvalue weighted by atomic mass is 19.2. The van der Waals surface area contributed by atoms with Crippen LogP contribution in [0.5, 0.6) is 0 Å². The third kappa shape index (κ3) is 3.43. The van der Waals surface area contributed by atoms with Gasteiger partial charge in [-0.15, -0.1) is 0 Å². The number of benzene rings is 2. The fourth-order valence-corrected chi connectivity index (χ4v) is 3.55. The lowest BCUT2D eigenvalue weighted by Crippen LogP contribution is -2.52. The highest BCUT2D eigenvalue weighted by molar-refractivity contribution is 6.44. The Morgan fingerprint density at radius 2 is 1.35 bits per heavy atom. The number of carbonyl (C=O) groups is 3. The molecule has 1 fully saturated rings. The quantitative estimate of drug-likeness (QED) is 0.227. The summed E-state index contributed by atoms with van der Waals surface area (Å²) in [5.41, 5.74) is -0.854. The number of carbonyl (C=O) groups excluding carboxylic acids is 3. The summed E-state index contributed by atoms with van der Waals surface area (Å²) in [6, 6.07) is 8.55. The van der Waals surface area contributed by atoms with Crippen LogP contribution in [-0.4, -0.2) is 58.6 Å². The second kappa shape index (κ2) is 7.86. The Bertz CT molecular complexity index is 1200. The molecule has 1 aliphatic heterocycles. The standard InChI is InChI=1S/C21H15F4N3O3/c22-14-13-12(10-26-18(13)17(25)16(24)15(14)23)19(29)21(31)28-8-6-27(7-9-28)20(30)11-4-2-1-3-5-11/h1-5,10,26H,6-9H2. The molecule has 0 bridgehead atoms. The SMILES string of the molecule is O=C(C(=O)N1CCN(C(=O)c2ccccc2)CC1)c1c[nH]c2c(F)c(F)c(F)c(F)c12. The Morgan fingerprint density at radius 3 is 2.00 bits per heavy atom. The molecule has 0 atom stereocenters. The second-order valence-electron chi connectivity index (χ2n) is 6.99. The fourth-order valence-electron chi connectivity index (χ4n) is 3.55. The fraction of sp³-hybridized carbons (Fsp3) is 0.190. The van der Waals surface area contributed by atoms with Crippen molar-refractivity contribution in [3.05, 3.63) is 70.9 Å². The van der Waals surface area contributed by atoms with E-state index in [0.717, 1.165) is 6.20 Å². The predicted molar refractivity (Wildman–Crippen MR) is 101 cm³/mol. The van der Waals surface area contributed by atoms with Gasteiger partial charge < -0.3 is 14.8 Å². The van der Waals surface area contributed by atoms with Crippen LogP contribution < -0.4 is 0 Å². The molecule has 0 aliphatic carbocycles. The van der Waals surface area contributed by atoms with Gasteiger partial charge in [-0.3, -0.25) is 14.4 Å². The van der Waals surface area contributed by atoms with Gasteiger partial charge in [0.25, 0.3) is 17.6 Å². The molecule has 10 heteroatoms. The summed E-state index contributed by atoms with van der Waals surface area (Å²) in [6.07, 6.45) is 0.838. The molecule has 1 N–H and O–H groups in total. The molecule has 0 spiro atoms. The number of piperazine rings is 1. The van der Waals surface area contributed by atoms with Gasteiger partial charge in [0.15, 0.2) is 23.3 Å². The van der Waals surface area contributed by atoms with Crippen LogP contribution in [-0.2, 0) is 4.79 Å². The molecular formula is C21H15F4N3O3. The van der Waals surface area contributed by atoms with Gasteiger partial charge in [-0.05, 0) is 12.1 Å². The van der Waals surface area contributed by atoms with E-state index >= 15 is 0 Å². The Morgan fingerprint density at radius 1 is 0.774 bits per heavy atom. The lowest BCUT2D eigenvalue weighted by atomic mass is 10.1. The number of nitrogens with zero attached hydrogens (tertiary/aromatic N) is 2. The minimum atomic E-state index is -2.07. The number of fused-ring (bicyclic) bond motifs is 1. The number of ketones is 1. The summed E-state index contributed by atoms with van der Waals surface area (Å²) in [6.45, 7) is 0.434.